The van der Waals surface area contributed by atoms with Gasteiger partial charge < -0.3 is 19.7 Å². The average Bonchev–Trinajstić information content (AvgIpc) is 3.23. The van der Waals surface area contributed by atoms with Gasteiger partial charge in [0.2, 0.25) is 6.10 Å². The second-order valence-electron chi connectivity index (χ2n) is 8.79. The van der Waals surface area contributed by atoms with Crippen LogP contribution in [0.4, 0.5) is 5.69 Å². The lowest BCUT2D eigenvalue weighted by Crippen LogP contribution is -2.48. The maximum atomic E-state index is 13.8. The Balaban J connectivity index is 1.54. The second kappa shape index (κ2) is 7.61. The number of cyclic esters (lactones) is 1. The number of esters is 1. The summed E-state index contributed by atoms with van der Waals surface area (Å²) >= 11 is 0. The molecule has 0 bridgehead atoms. The number of nitrogens with zero attached hydrogens (tertiary/aromatic N) is 2. The van der Waals surface area contributed by atoms with Crippen molar-refractivity contribution in [3.8, 4) is 11.4 Å². The van der Waals surface area contributed by atoms with Crippen LogP contribution in [-0.4, -0.2) is 26.5 Å². The van der Waals surface area contributed by atoms with Crippen molar-refractivity contribution >= 4 is 28.5 Å². The van der Waals surface area contributed by atoms with E-state index < -0.39 is 29.1 Å². The molecule has 0 radical (unpaired) electrons. The van der Waals surface area contributed by atoms with Gasteiger partial charge in [-0.05, 0) is 36.8 Å². The molecule has 1 unspecified atom stereocenters. The summed E-state index contributed by atoms with van der Waals surface area (Å²) in [5.74, 6) is -1.63. The van der Waals surface area contributed by atoms with Gasteiger partial charge in [-0.15, -0.1) is 0 Å². The van der Waals surface area contributed by atoms with Crippen LogP contribution in [0.2, 0.25) is 0 Å². The van der Waals surface area contributed by atoms with Crippen molar-refractivity contribution in [3.05, 3.63) is 93.8 Å². The van der Waals surface area contributed by atoms with E-state index in [9.17, 15) is 19.5 Å². The van der Waals surface area contributed by atoms with Crippen molar-refractivity contribution in [1.82, 2.24) is 9.55 Å². The van der Waals surface area contributed by atoms with Gasteiger partial charge in [-0.1, -0.05) is 43.3 Å². The standard InChI is InChI=1S/C27H21N3O5/c1-2-27(34)18-13-20-22-16(12-15-8-6-7-11-19(15)29-22)14-30(20)25(32)21(18)23(35-26(27)33)24(31)28-17-9-4-3-5-10-17/h3-13,23,34H,2,14H2,1H3,(H,28,31)/t23?,27-/m0/s1. The van der Waals surface area contributed by atoms with E-state index in [1.807, 2.05) is 30.3 Å². The fraction of sp³-hybridized carbons (Fsp3) is 0.185. The monoisotopic (exact) mass is 467 g/mol. The van der Waals surface area contributed by atoms with Gasteiger partial charge >= 0.3 is 5.97 Å². The minimum Gasteiger partial charge on any atom is -0.445 e. The molecule has 8 nitrogen and oxygen atoms in total. The summed E-state index contributed by atoms with van der Waals surface area (Å²) in [5.41, 5.74) is 0.739. The number of carbonyl (C=O) groups is 2. The lowest BCUT2D eigenvalue weighted by molar-refractivity contribution is -0.179. The molecule has 4 heterocycles. The van der Waals surface area contributed by atoms with Gasteiger partial charge in [0.15, 0.2) is 5.60 Å². The molecule has 174 valence electrons. The number of hydrogen-bond acceptors (Lipinski definition) is 6. The van der Waals surface area contributed by atoms with Gasteiger partial charge in [0.25, 0.3) is 11.5 Å². The molecule has 8 heteroatoms. The number of aromatic nitrogens is 2. The first-order valence-corrected chi connectivity index (χ1v) is 11.4. The molecule has 35 heavy (non-hydrogen) atoms. The van der Waals surface area contributed by atoms with Crippen LogP contribution >= 0.6 is 0 Å². The molecule has 4 aromatic rings. The zero-order chi connectivity index (χ0) is 24.3. The van der Waals surface area contributed by atoms with Crippen LogP contribution in [0.3, 0.4) is 0 Å². The molecule has 2 aliphatic rings. The van der Waals surface area contributed by atoms with E-state index in [0.29, 0.717) is 17.1 Å². The van der Waals surface area contributed by atoms with Crippen LogP contribution in [0.25, 0.3) is 22.3 Å². The number of fused-ring (bicyclic) bond motifs is 5. The molecule has 2 aliphatic heterocycles. The molecule has 2 aromatic carbocycles. The number of aliphatic hydroxyl groups is 1. The highest BCUT2D eigenvalue weighted by Gasteiger charge is 2.50. The third-order valence-electron chi connectivity index (χ3n) is 6.77. The van der Waals surface area contributed by atoms with Crippen LogP contribution < -0.4 is 10.9 Å². The first-order valence-electron chi connectivity index (χ1n) is 11.4. The van der Waals surface area contributed by atoms with Crippen molar-refractivity contribution in [2.75, 3.05) is 5.32 Å². The average molecular weight is 467 g/mol. The van der Waals surface area contributed by atoms with Crippen LogP contribution in [0.5, 0.6) is 0 Å². The van der Waals surface area contributed by atoms with Crippen LogP contribution in [0.15, 0.2) is 71.5 Å². The number of anilines is 1. The van der Waals surface area contributed by atoms with E-state index >= 15 is 0 Å². The fourth-order valence-electron chi connectivity index (χ4n) is 4.91. The number of rotatable bonds is 3. The smallest absolute Gasteiger partial charge is 0.343 e. The first kappa shape index (κ1) is 21.2. The molecule has 1 amide bonds. The predicted octanol–water partition coefficient (Wildman–Crippen LogP) is 3.26. The van der Waals surface area contributed by atoms with Gasteiger partial charge in [-0.25, -0.2) is 9.78 Å². The molecule has 6 rings (SSSR count). The maximum Gasteiger partial charge on any atom is 0.343 e. The van der Waals surface area contributed by atoms with E-state index in [4.69, 9.17) is 9.72 Å². The Morgan fingerprint density at radius 2 is 1.89 bits per heavy atom. The maximum absolute atomic E-state index is 13.8. The number of nitrogens with one attached hydrogen (secondary N) is 1. The summed E-state index contributed by atoms with van der Waals surface area (Å²) in [6.45, 7) is 1.89. The quantitative estimate of drug-likeness (QED) is 0.394. The van der Waals surface area contributed by atoms with E-state index in [1.165, 1.54) is 4.57 Å². The summed E-state index contributed by atoms with van der Waals surface area (Å²) < 4.78 is 6.93. The highest BCUT2D eigenvalue weighted by atomic mass is 16.6. The van der Waals surface area contributed by atoms with Gasteiger partial charge in [0.05, 0.1) is 29.0 Å². The molecular formula is C27H21N3O5. The normalized spacial score (nSPS) is 20.1. The summed E-state index contributed by atoms with van der Waals surface area (Å²) in [5, 5.41) is 14.9. The molecule has 0 saturated carbocycles. The minimum absolute atomic E-state index is 0.0211. The number of carbonyl (C=O) groups excluding carboxylic acids is 2. The zero-order valence-electron chi connectivity index (χ0n) is 18.8. The fourth-order valence-corrected chi connectivity index (χ4v) is 4.91. The number of amides is 1. The third kappa shape index (κ3) is 3.10. The number of benzene rings is 2. The molecule has 0 saturated heterocycles. The van der Waals surface area contributed by atoms with Gasteiger partial charge in [0, 0.05) is 22.2 Å². The Hall–Kier alpha value is -4.30. The number of para-hydroxylation sites is 2. The molecule has 2 N–H and O–H groups in total. The predicted molar refractivity (Wildman–Crippen MR) is 129 cm³/mol. The molecule has 2 aromatic heterocycles. The largest absolute Gasteiger partial charge is 0.445 e. The van der Waals surface area contributed by atoms with Crippen LogP contribution in [0.1, 0.15) is 36.1 Å². The van der Waals surface area contributed by atoms with Gasteiger partial charge in [-0.2, -0.15) is 0 Å². The van der Waals surface area contributed by atoms with E-state index in [2.05, 4.69) is 5.32 Å². The topological polar surface area (TPSA) is 111 Å². The van der Waals surface area contributed by atoms with E-state index in [-0.39, 0.29) is 24.1 Å². The molecule has 2 atom stereocenters. The van der Waals surface area contributed by atoms with Crippen molar-refractivity contribution in [2.24, 2.45) is 0 Å². The van der Waals surface area contributed by atoms with Crippen molar-refractivity contribution < 1.29 is 19.4 Å². The summed E-state index contributed by atoms with van der Waals surface area (Å²) in [7, 11) is 0. The van der Waals surface area contributed by atoms with E-state index in [1.54, 1.807) is 43.3 Å². The lowest BCUT2D eigenvalue weighted by atomic mass is 9.83. The Bertz CT molecular complexity index is 1590. The summed E-state index contributed by atoms with van der Waals surface area (Å²) in [6, 6.07) is 19.9. The van der Waals surface area contributed by atoms with Crippen LogP contribution in [-0.2, 0) is 26.5 Å². The minimum atomic E-state index is -2.05. The number of pyridine rings is 2. The Kier molecular flexibility index (Phi) is 4.62. The summed E-state index contributed by atoms with van der Waals surface area (Å²) in [6.07, 6.45) is -1.52. The summed E-state index contributed by atoms with van der Waals surface area (Å²) in [4.78, 5) is 44.7. The SMILES string of the molecule is CC[C@@]1(O)C(=O)OC(C(=O)Nc2ccccc2)c2c1cc1n(c2=O)Cc2cc3ccccc3nc2-1. The van der Waals surface area contributed by atoms with Crippen LogP contribution in [0, 0.1) is 0 Å². The number of hydrogen-bond donors (Lipinski definition) is 2. The highest BCUT2D eigenvalue weighted by molar-refractivity contribution is 5.99. The molecular weight excluding hydrogens is 446 g/mol. The lowest BCUT2D eigenvalue weighted by Gasteiger charge is -2.35. The Labute approximate surface area is 199 Å². The Morgan fingerprint density at radius 3 is 2.66 bits per heavy atom. The third-order valence-corrected chi connectivity index (χ3v) is 6.77. The highest BCUT2D eigenvalue weighted by Crippen LogP contribution is 2.42. The molecule has 0 fully saturated rings. The van der Waals surface area contributed by atoms with Crippen molar-refractivity contribution in [2.45, 2.75) is 31.6 Å². The second-order valence-corrected chi connectivity index (χ2v) is 8.79. The van der Waals surface area contributed by atoms with E-state index in [0.717, 1.165) is 16.5 Å². The number of ether oxygens (including phenoxy) is 1. The first-order chi connectivity index (χ1) is 16.9. The zero-order valence-corrected chi connectivity index (χ0v) is 18.8. The van der Waals surface area contributed by atoms with Crippen molar-refractivity contribution in [3.63, 3.8) is 0 Å². The van der Waals surface area contributed by atoms with Gasteiger partial charge in [-0.3, -0.25) is 9.59 Å². The van der Waals surface area contributed by atoms with Crippen molar-refractivity contribution in [1.29, 1.82) is 0 Å². The van der Waals surface area contributed by atoms with Gasteiger partial charge in [0.1, 0.15) is 0 Å². The molecule has 0 aliphatic carbocycles. The molecule has 0 spiro atoms. The Morgan fingerprint density at radius 1 is 1.14 bits per heavy atom.